The normalized spacial score (nSPS) is 12.2. The Morgan fingerprint density at radius 3 is 2.95 bits per heavy atom. The quantitative estimate of drug-likeness (QED) is 0.829. The predicted octanol–water partition coefficient (Wildman–Crippen LogP) is 2.05. The molecule has 0 aliphatic rings. The summed E-state index contributed by atoms with van der Waals surface area (Å²) >= 11 is 1.00. The molecule has 2 N–H and O–H groups in total. The molecule has 0 aliphatic carbocycles. The van der Waals surface area contributed by atoms with Gasteiger partial charge in [0.05, 0.1) is 11.8 Å². The second-order valence-electron chi connectivity index (χ2n) is 4.02. The summed E-state index contributed by atoms with van der Waals surface area (Å²) in [5.74, 6) is -1.03. The van der Waals surface area contributed by atoms with Crippen LogP contribution in [0.5, 0.6) is 0 Å². The minimum atomic E-state index is -0.675. The summed E-state index contributed by atoms with van der Waals surface area (Å²) in [5, 5.41) is 9.03. The summed E-state index contributed by atoms with van der Waals surface area (Å²) in [5.41, 5.74) is 0. The van der Waals surface area contributed by atoms with E-state index in [9.17, 15) is 13.6 Å². The Morgan fingerprint density at radius 2 is 2.30 bits per heavy atom. The molecule has 0 radical (unpaired) electrons. The first-order valence-corrected chi connectivity index (χ1v) is 6.77. The average Bonchev–Trinajstić information content (AvgIpc) is 2.91. The van der Waals surface area contributed by atoms with Crippen molar-refractivity contribution < 1.29 is 13.6 Å². The fraction of sp³-hybridized carbons (Fsp3) is 0.250. The van der Waals surface area contributed by atoms with Crippen molar-refractivity contribution in [2.24, 2.45) is 0 Å². The van der Waals surface area contributed by atoms with Crippen LogP contribution >= 0.6 is 11.8 Å². The van der Waals surface area contributed by atoms with Crippen LogP contribution in [0, 0.1) is 11.6 Å². The lowest BCUT2D eigenvalue weighted by atomic mass is 10.3. The van der Waals surface area contributed by atoms with Crippen molar-refractivity contribution >= 4 is 17.7 Å². The number of thioether (sulfide) groups is 1. The first-order valence-electron chi connectivity index (χ1n) is 5.78. The molecule has 2 aromatic rings. The van der Waals surface area contributed by atoms with Gasteiger partial charge in [-0.2, -0.15) is 5.10 Å². The molecular formula is C12H12F2N4OS. The molecule has 1 heterocycles. The molecule has 0 saturated heterocycles. The lowest BCUT2D eigenvalue weighted by Gasteiger charge is -2.10. The van der Waals surface area contributed by atoms with Crippen LogP contribution in [0.1, 0.15) is 18.8 Å². The summed E-state index contributed by atoms with van der Waals surface area (Å²) in [6, 6.07) is 2.93. The van der Waals surface area contributed by atoms with Gasteiger partial charge in [0.15, 0.2) is 0 Å². The molecule has 1 atom stereocenters. The molecule has 8 heteroatoms. The Kier molecular flexibility index (Phi) is 4.67. The number of carbonyl (C=O) groups is 1. The number of amides is 1. The summed E-state index contributed by atoms with van der Waals surface area (Å²) in [6.07, 6.45) is 1.35. The van der Waals surface area contributed by atoms with E-state index in [0.717, 1.165) is 23.9 Å². The number of rotatable bonds is 5. The van der Waals surface area contributed by atoms with Gasteiger partial charge < -0.3 is 5.32 Å². The second kappa shape index (κ2) is 6.47. The van der Waals surface area contributed by atoms with Crippen LogP contribution in [0.15, 0.2) is 29.4 Å². The number of halogens is 2. The van der Waals surface area contributed by atoms with Crippen LogP contribution in [-0.2, 0) is 4.79 Å². The Hall–Kier alpha value is -1.96. The number of aromatic amines is 1. The standard InChI is InChI=1S/C12H12F2N4OS/c1-7(12-15-6-16-18-12)17-11(19)5-20-10-3-2-8(13)4-9(10)14/h2-4,6-7H,5H2,1H3,(H,17,19)(H,15,16,18). The maximum Gasteiger partial charge on any atom is 0.230 e. The van der Waals surface area contributed by atoms with Gasteiger partial charge in [0, 0.05) is 11.0 Å². The highest BCUT2D eigenvalue weighted by atomic mass is 32.2. The van der Waals surface area contributed by atoms with Crippen molar-refractivity contribution in [2.75, 3.05) is 5.75 Å². The Morgan fingerprint density at radius 1 is 1.50 bits per heavy atom. The molecule has 20 heavy (non-hydrogen) atoms. The highest BCUT2D eigenvalue weighted by Gasteiger charge is 2.13. The molecule has 1 amide bonds. The Balaban J connectivity index is 1.86. The van der Waals surface area contributed by atoms with Crippen molar-refractivity contribution in [3.05, 3.63) is 42.0 Å². The average molecular weight is 298 g/mol. The van der Waals surface area contributed by atoms with Gasteiger partial charge in [0.25, 0.3) is 0 Å². The van der Waals surface area contributed by atoms with E-state index in [1.54, 1.807) is 6.92 Å². The number of hydrogen-bond acceptors (Lipinski definition) is 4. The molecule has 0 bridgehead atoms. The first-order chi connectivity index (χ1) is 9.56. The van der Waals surface area contributed by atoms with E-state index in [1.807, 2.05) is 0 Å². The van der Waals surface area contributed by atoms with Crippen molar-refractivity contribution in [3.63, 3.8) is 0 Å². The molecular weight excluding hydrogens is 286 g/mol. The highest BCUT2D eigenvalue weighted by molar-refractivity contribution is 8.00. The second-order valence-corrected chi connectivity index (χ2v) is 5.04. The predicted molar refractivity (Wildman–Crippen MR) is 70.0 cm³/mol. The van der Waals surface area contributed by atoms with E-state index in [2.05, 4.69) is 20.5 Å². The van der Waals surface area contributed by atoms with E-state index in [-0.39, 0.29) is 22.6 Å². The fourth-order valence-corrected chi connectivity index (χ4v) is 2.24. The number of benzene rings is 1. The third-order valence-electron chi connectivity index (χ3n) is 2.47. The van der Waals surface area contributed by atoms with Crippen LogP contribution in [-0.4, -0.2) is 26.8 Å². The minimum absolute atomic E-state index is 0.0288. The number of aromatic nitrogens is 3. The minimum Gasteiger partial charge on any atom is -0.346 e. The third-order valence-corrected chi connectivity index (χ3v) is 3.52. The zero-order valence-electron chi connectivity index (χ0n) is 10.6. The zero-order valence-corrected chi connectivity index (χ0v) is 11.4. The lowest BCUT2D eigenvalue weighted by molar-refractivity contribution is -0.119. The SMILES string of the molecule is CC(NC(=O)CSc1ccc(F)cc1F)c1ncn[nH]1. The number of nitrogens with one attached hydrogen (secondary N) is 2. The summed E-state index contributed by atoms with van der Waals surface area (Å²) in [4.78, 5) is 15.9. The largest absolute Gasteiger partial charge is 0.346 e. The zero-order chi connectivity index (χ0) is 14.5. The van der Waals surface area contributed by atoms with Gasteiger partial charge in [-0.3, -0.25) is 9.89 Å². The van der Waals surface area contributed by atoms with Gasteiger partial charge in [-0.1, -0.05) is 0 Å². The molecule has 0 spiro atoms. The van der Waals surface area contributed by atoms with Crippen molar-refractivity contribution in [1.29, 1.82) is 0 Å². The maximum atomic E-state index is 13.4. The number of hydrogen-bond donors (Lipinski definition) is 2. The van der Waals surface area contributed by atoms with E-state index >= 15 is 0 Å². The van der Waals surface area contributed by atoms with Crippen LogP contribution in [0.25, 0.3) is 0 Å². The Bertz CT molecular complexity index is 591. The van der Waals surface area contributed by atoms with Gasteiger partial charge in [-0.25, -0.2) is 13.8 Å². The summed E-state index contributed by atoms with van der Waals surface area (Å²) in [6.45, 7) is 1.75. The molecule has 2 rings (SSSR count). The summed E-state index contributed by atoms with van der Waals surface area (Å²) in [7, 11) is 0. The number of nitrogens with zero attached hydrogens (tertiary/aromatic N) is 2. The monoisotopic (exact) mass is 298 g/mol. The topological polar surface area (TPSA) is 70.7 Å². The molecule has 1 unspecified atom stereocenters. The maximum absolute atomic E-state index is 13.4. The van der Waals surface area contributed by atoms with Crippen LogP contribution < -0.4 is 5.32 Å². The molecule has 0 aliphatic heterocycles. The van der Waals surface area contributed by atoms with E-state index in [0.29, 0.717) is 5.82 Å². The number of carbonyl (C=O) groups excluding carboxylic acids is 1. The third kappa shape index (κ3) is 3.77. The molecule has 0 fully saturated rings. The van der Waals surface area contributed by atoms with Crippen molar-refractivity contribution in [2.45, 2.75) is 17.9 Å². The van der Waals surface area contributed by atoms with Gasteiger partial charge >= 0.3 is 0 Å². The van der Waals surface area contributed by atoms with Crippen LogP contribution in [0.4, 0.5) is 8.78 Å². The molecule has 5 nitrogen and oxygen atoms in total. The molecule has 1 aromatic heterocycles. The van der Waals surface area contributed by atoms with Gasteiger partial charge in [-0.15, -0.1) is 11.8 Å². The molecule has 0 saturated carbocycles. The van der Waals surface area contributed by atoms with Gasteiger partial charge in [0.2, 0.25) is 5.91 Å². The van der Waals surface area contributed by atoms with E-state index < -0.39 is 11.6 Å². The molecule has 106 valence electrons. The first kappa shape index (κ1) is 14.4. The molecule has 1 aromatic carbocycles. The number of H-pyrrole nitrogens is 1. The van der Waals surface area contributed by atoms with Crippen LogP contribution in [0.3, 0.4) is 0 Å². The van der Waals surface area contributed by atoms with Crippen molar-refractivity contribution in [1.82, 2.24) is 20.5 Å². The van der Waals surface area contributed by atoms with E-state index in [1.165, 1.54) is 12.4 Å². The lowest BCUT2D eigenvalue weighted by Crippen LogP contribution is -2.28. The Labute approximate surface area is 118 Å². The van der Waals surface area contributed by atoms with Crippen molar-refractivity contribution in [3.8, 4) is 0 Å². The highest BCUT2D eigenvalue weighted by Crippen LogP contribution is 2.22. The van der Waals surface area contributed by atoms with E-state index in [4.69, 9.17) is 0 Å². The van der Waals surface area contributed by atoms with Crippen LogP contribution in [0.2, 0.25) is 0 Å². The summed E-state index contributed by atoms with van der Waals surface area (Å²) < 4.78 is 26.1. The fourth-order valence-electron chi connectivity index (χ4n) is 1.51. The van der Waals surface area contributed by atoms with Gasteiger partial charge in [-0.05, 0) is 19.1 Å². The smallest absolute Gasteiger partial charge is 0.230 e. The van der Waals surface area contributed by atoms with Gasteiger partial charge in [0.1, 0.15) is 23.8 Å².